The lowest BCUT2D eigenvalue weighted by molar-refractivity contribution is 0.414. The molecule has 1 aromatic heterocycles. The molecule has 0 bridgehead atoms. The number of hydrogen-bond donors (Lipinski definition) is 2. The van der Waals surface area contributed by atoms with Crippen molar-refractivity contribution in [2.75, 3.05) is 32.1 Å². The highest BCUT2D eigenvalue weighted by Crippen LogP contribution is 2.20. The fourth-order valence-electron chi connectivity index (χ4n) is 2.04. The van der Waals surface area contributed by atoms with Gasteiger partial charge in [0.05, 0.1) is 7.11 Å². The molecule has 0 aromatic carbocycles. The summed E-state index contributed by atoms with van der Waals surface area (Å²) in [7, 11) is 1.67. The van der Waals surface area contributed by atoms with Gasteiger partial charge in [-0.25, -0.2) is 4.98 Å². The highest BCUT2D eigenvalue weighted by molar-refractivity contribution is 5.49. The van der Waals surface area contributed by atoms with Gasteiger partial charge in [0.15, 0.2) is 11.6 Å². The standard InChI is InChI=1S/C12H19N3O/c1-16-11-3-2-6-14-12(11)15-8-5-10-4-7-13-9-10/h2-3,6,10,13H,4-5,7-9H2,1H3,(H,14,15). The number of rotatable bonds is 5. The minimum absolute atomic E-state index is 0.808. The van der Waals surface area contributed by atoms with Crippen molar-refractivity contribution < 1.29 is 4.74 Å². The van der Waals surface area contributed by atoms with E-state index in [-0.39, 0.29) is 0 Å². The predicted molar refractivity (Wildman–Crippen MR) is 64.9 cm³/mol. The first-order valence-electron chi connectivity index (χ1n) is 5.83. The average Bonchev–Trinajstić information content (AvgIpc) is 2.83. The summed E-state index contributed by atoms with van der Waals surface area (Å²) < 4.78 is 5.23. The van der Waals surface area contributed by atoms with Gasteiger partial charge in [-0.05, 0) is 44.0 Å². The van der Waals surface area contributed by atoms with Gasteiger partial charge in [-0.2, -0.15) is 0 Å². The molecule has 0 spiro atoms. The summed E-state index contributed by atoms with van der Waals surface area (Å²) >= 11 is 0. The van der Waals surface area contributed by atoms with Crippen molar-refractivity contribution >= 4 is 5.82 Å². The maximum absolute atomic E-state index is 5.23. The van der Waals surface area contributed by atoms with Crippen molar-refractivity contribution in [1.82, 2.24) is 10.3 Å². The summed E-state index contributed by atoms with van der Waals surface area (Å²) in [4.78, 5) is 4.26. The lowest BCUT2D eigenvalue weighted by Crippen LogP contribution is -2.13. The summed E-state index contributed by atoms with van der Waals surface area (Å²) in [6, 6.07) is 3.80. The Morgan fingerprint density at radius 2 is 2.56 bits per heavy atom. The summed E-state index contributed by atoms with van der Waals surface area (Å²) in [6.07, 6.45) is 4.26. The van der Waals surface area contributed by atoms with Crippen LogP contribution in [0.3, 0.4) is 0 Å². The zero-order valence-corrected chi connectivity index (χ0v) is 9.70. The van der Waals surface area contributed by atoms with Crippen LogP contribution < -0.4 is 15.4 Å². The minimum atomic E-state index is 0.808. The van der Waals surface area contributed by atoms with Crippen LogP contribution in [0.5, 0.6) is 5.75 Å². The van der Waals surface area contributed by atoms with E-state index in [1.807, 2.05) is 12.1 Å². The van der Waals surface area contributed by atoms with Crippen LogP contribution in [0.1, 0.15) is 12.8 Å². The Balaban J connectivity index is 1.79. The van der Waals surface area contributed by atoms with Crippen LogP contribution in [0, 0.1) is 5.92 Å². The predicted octanol–water partition coefficient (Wildman–Crippen LogP) is 1.50. The Hall–Kier alpha value is -1.29. The summed E-state index contributed by atoms with van der Waals surface area (Å²) in [6.45, 7) is 3.28. The Bertz CT molecular complexity index is 324. The van der Waals surface area contributed by atoms with Crippen molar-refractivity contribution in [3.05, 3.63) is 18.3 Å². The van der Waals surface area contributed by atoms with Crippen molar-refractivity contribution in [3.63, 3.8) is 0 Å². The van der Waals surface area contributed by atoms with Crippen LogP contribution in [-0.4, -0.2) is 31.7 Å². The Morgan fingerprint density at radius 1 is 1.62 bits per heavy atom. The molecule has 1 aliphatic rings. The number of pyridine rings is 1. The zero-order chi connectivity index (χ0) is 11.2. The molecular weight excluding hydrogens is 202 g/mol. The van der Waals surface area contributed by atoms with Crippen LogP contribution in [0.25, 0.3) is 0 Å². The Labute approximate surface area is 96.4 Å². The molecule has 2 N–H and O–H groups in total. The molecule has 2 heterocycles. The fourth-order valence-corrected chi connectivity index (χ4v) is 2.04. The van der Waals surface area contributed by atoms with Gasteiger partial charge in [0.1, 0.15) is 0 Å². The molecule has 0 radical (unpaired) electrons. The van der Waals surface area contributed by atoms with E-state index in [0.29, 0.717) is 0 Å². The third kappa shape index (κ3) is 2.85. The monoisotopic (exact) mass is 221 g/mol. The van der Waals surface area contributed by atoms with Gasteiger partial charge >= 0.3 is 0 Å². The number of nitrogens with zero attached hydrogens (tertiary/aromatic N) is 1. The molecule has 4 heteroatoms. The molecule has 0 aliphatic carbocycles. The van der Waals surface area contributed by atoms with Gasteiger partial charge in [0.25, 0.3) is 0 Å². The zero-order valence-electron chi connectivity index (χ0n) is 9.70. The second-order valence-electron chi connectivity index (χ2n) is 4.13. The Kier molecular flexibility index (Phi) is 3.99. The number of methoxy groups -OCH3 is 1. The number of anilines is 1. The van der Waals surface area contributed by atoms with E-state index in [1.165, 1.54) is 12.8 Å². The second-order valence-corrected chi connectivity index (χ2v) is 4.13. The first-order valence-corrected chi connectivity index (χ1v) is 5.83. The lowest BCUT2D eigenvalue weighted by atomic mass is 10.1. The summed E-state index contributed by atoms with van der Waals surface area (Å²) in [5.41, 5.74) is 0. The van der Waals surface area contributed by atoms with Crippen molar-refractivity contribution in [1.29, 1.82) is 0 Å². The van der Waals surface area contributed by atoms with Crippen LogP contribution in [0.15, 0.2) is 18.3 Å². The second kappa shape index (κ2) is 5.70. The molecule has 0 amide bonds. The molecule has 1 aromatic rings. The molecule has 1 fully saturated rings. The maximum atomic E-state index is 5.23. The van der Waals surface area contributed by atoms with Crippen molar-refractivity contribution in [2.24, 2.45) is 5.92 Å². The smallest absolute Gasteiger partial charge is 0.168 e. The molecule has 0 saturated carbocycles. The maximum Gasteiger partial charge on any atom is 0.168 e. The van der Waals surface area contributed by atoms with Gasteiger partial charge in [-0.15, -0.1) is 0 Å². The summed E-state index contributed by atoms with van der Waals surface area (Å²) in [5.74, 6) is 2.46. The molecule has 1 unspecified atom stereocenters. The van der Waals surface area contributed by atoms with E-state index in [4.69, 9.17) is 4.74 Å². The minimum Gasteiger partial charge on any atom is -0.493 e. The van der Waals surface area contributed by atoms with E-state index in [9.17, 15) is 0 Å². The van der Waals surface area contributed by atoms with Crippen LogP contribution in [-0.2, 0) is 0 Å². The molecule has 88 valence electrons. The van der Waals surface area contributed by atoms with E-state index in [2.05, 4.69) is 15.6 Å². The topological polar surface area (TPSA) is 46.2 Å². The molecule has 1 atom stereocenters. The van der Waals surface area contributed by atoms with Gasteiger partial charge in [0, 0.05) is 12.7 Å². The van der Waals surface area contributed by atoms with Gasteiger partial charge in [-0.1, -0.05) is 0 Å². The average molecular weight is 221 g/mol. The normalized spacial score (nSPS) is 19.7. The van der Waals surface area contributed by atoms with E-state index in [1.54, 1.807) is 13.3 Å². The summed E-state index contributed by atoms with van der Waals surface area (Å²) in [5, 5.41) is 6.70. The molecule has 2 rings (SSSR count). The molecule has 1 saturated heterocycles. The number of ether oxygens (including phenoxy) is 1. The van der Waals surface area contributed by atoms with E-state index < -0.39 is 0 Å². The van der Waals surface area contributed by atoms with E-state index in [0.717, 1.165) is 37.1 Å². The van der Waals surface area contributed by atoms with Crippen LogP contribution in [0.2, 0.25) is 0 Å². The van der Waals surface area contributed by atoms with Crippen molar-refractivity contribution in [3.8, 4) is 5.75 Å². The molecular formula is C12H19N3O. The number of aromatic nitrogens is 1. The Morgan fingerprint density at radius 3 is 3.31 bits per heavy atom. The number of hydrogen-bond acceptors (Lipinski definition) is 4. The van der Waals surface area contributed by atoms with Crippen LogP contribution >= 0.6 is 0 Å². The quantitative estimate of drug-likeness (QED) is 0.791. The highest BCUT2D eigenvalue weighted by Gasteiger charge is 2.13. The first-order chi connectivity index (χ1) is 7.90. The third-order valence-corrected chi connectivity index (χ3v) is 3.00. The molecule has 16 heavy (non-hydrogen) atoms. The highest BCUT2D eigenvalue weighted by atomic mass is 16.5. The largest absolute Gasteiger partial charge is 0.493 e. The first kappa shape index (κ1) is 11.2. The van der Waals surface area contributed by atoms with Gasteiger partial charge in [0.2, 0.25) is 0 Å². The SMILES string of the molecule is COc1cccnc1NCCC1CCNC1. The molecule has 1 aliphatic heterocycles. The van der Waals surface area contributed by atoms with Gasteiger partial charge < -0.3 is 15.4 Å². The molecule has 4 nitrogen and oxygen atoms in total. The lowest BCUT2D eigenvalue weighted by Gasteiger charge is -2.11. The number of nitrogens with one attached hydrogen (secondary N) is 2. The fraction of sp³-hybridized carbons (Fsp3) is 0.583. The van der Waals surface area contributed by atoms with Gasteiger partial charge in [-0.3, -0.25) is 0 Å². The van der Waals surface area contributed by atoms with Crippen molar-refractivity contribution in [2.45, 2.75) is 12.8 Å². The third-order valence-electron chi connectivity index (χ3n) is 3.00. The van der Waals surface area contributed by atoms with Crippen LogP contribution in [0.4, 0.5) is 5.82 Å². The van der Waals surface area contributed by atoms with E-state index >= 15 is 0 Å².